The highest BCUT2D eigenvalue weighted by atomic mass is 32.1. The fraction of sp³-hybridized carbons (Fsp3) is 0.421. The van der Waals surface area contributed by atoms with Gasteiger partial charge in [0.15, 0.2) is 0 Å². The number of halogens is 1. The number of carbonyl (C=O) groups is 1. The highest BCUT2D eigenvalue weighted by molar-refractivity contribution is 7.12. The van der Waals surface area contributed by atoms with Crippen molar-refractivity contribution in [2.75, 3.05) is 6.54 Å². The van der Waals surface area contributed by atoms with Crippen LogP contribution < -0.4 is 5.32 Å². The monoisotopic (exact) mass is 347 g/mol. The first kappa shape index (κ1) is 17.1. The van der Waals surface area contributed by atoms with Gasteiger partial charge in [0.2, 0.25) is 0 Å². The van der Waals surface area contributed by atoms with Gasteiger partial charge in [-0.3, -0.25) is 4.79 Å². The molecule has 0 unspecified atom stereocenters. The molecule has 1 fully saturated rings. The summed E-state index contributed by atoms with van der Waals surface area (Å²) in [5.74, 6) is -0.866. The summed E-state index contributed by atoms with van der Waals surface area (Å²) in [6.07, 6.45) is 3.78. The molecule has 2 aromatic rings. The molecule has 0 radical (unpaired) electrons. The third kappa shape index (κ3) is 3.37. The van der Waals surface area contributed by atoms with E-state index in [-0.39, 0.29) is 16.9 Å². The molecule has 1 aromatic heterocycles. The first-order valence-electron chi connectivity index (χ1n) is 8.33. The van der Waals surface area contributed by atoms with Crippen molar-refractivity contribution >= 4 is 17.2 Å². The van der Waals surface area contributed by atoms with E-state index in [0.29, 0.717) is 6.54 Å². The molecule has 2 N–H and O–H groups in total. The van der Waals surface area contributed by atoms with Gasteiger partial charge in [0.25, 0.3) is 5.91 Å². The van der Waals surface area contributed by atoms with E-state index in [1.54, 1.807) is 30.4 Å². The first-order valence-corrected chi connectivity index (χ1v) is 9.14. The predicted molar refractivity (Wildman–Crippen MR) is 93.8 cm³/mol. The van der Waals surface area contributed by atoms with Crippen LogP contribution in [0.1, 0.15) is 58.8 Å². The fourth-order valence-corrected chi connectivity index (χ4v) is 4.60. The topological polar surface area (TPSA) is 49.3 Å². The van der Waals surface area contributed by atoms with Gasteiger partial charge >= 0.3 is 0 Å². The number of rotatable bonds is 5. The van der Waals surface area contributed by atoms with Gasteiger partial charge in [-0.15, -0.1) is 11.3 Å². The Morgan fingerprint density at radius 2 is 2.00 bits per heavy atom. The Hall–Kier alpha value is -1.72. The van der Waals surface area contributed by atoms with E-state index in [4.69, 9.17) is 0 Å². The summed E-state index contributed by atoms with van der Waals surface area (Å²) in [6.45, 7) is 2.26. The SMILES string of the molecule is C[C@@H](O)c1ccc(C2(CNC(=O)c3ccccc3F)CCCC2)s1. The van der Waals surface area contributed by atoms with Gasteiger partial charge in [-0.1, -0.05) is 25.0 Å². The van der Waals surface area contributed by atoms with Gasteiger partial charge in [-0.2, -0.15) is 0 Å². The van der Waals surface area contributed by atoms with Crippen LogP contribution in [0.25, 0.3) is 0 Å². The van der Waals surface area contributed by atoms with Gasteiger partial charge in [0.05, 0.1) is 11.7 Å². The fourth-order valence-electron chi connectivity index (χ4n) is 3.41. The van der Waals surface area contributed by atoms with Gasteiger partial charge < -0.3 is 10.4 Å². The Labute approximate surface area is 145 Å². The Morgan fingerprint density at radius 1 is 1.29 bits per heavy atom. The summed E-state index contributed by atoms with van der Waals surface area (Å²) < 4.78 is 13.8. The minimum absolute atomic E-state index is 0.0847. The predicted octanol–water partition coefficient (Wildman–Crippen LogP) is 4.18. The van der Waals surface area contributed by atoms with Crippen LogP contribution in [0, 0.1) is 5.82 Å². The maximum Gasteiger partial charge on any atom is 0.254 e. The molecule has 1 aliphatic rings. The average molecular weight is 347 g/mol. The van der Waals surface area contributed by atoms with Crippen LogP contribution in [0.3, 0.4) is 0 Å². The van der Waals surface area contributed by atoms with Crippen molar-refractivity contribution in [1.82, 2.24) is 5.32 Å². The number of thiophene rings is 1. The highest BCUT2D eigenvalue weighted by Crippen LogP contribution is 2.44. The maximum absolute atomic E-state index is 13.8. The molecule has 1 saturated carbocycles. The van der Waals surface area contributed by atoms with E-state index in [2.05, 4.69) is 11.4 Å². The van der Waals surface area contributed by atoms with Crippen LogP contribution in [0.2, 0.25) is 0 Å². The molecule has 1 atom stereocenters. The molecule has 128 valence electrons. The molecule has 3 nitrogen and oxygen atoms in total. The van der Waals surface area contributed by atoms with Gasteiger partial charge in [-0.25, -0.2) is 4.39 Å². The third-order valence-electron chi connectivity index (χ3n) is 4.83. The molecule has 1 aliphatic carbocycles. The molecular weight excluding hydrogens is 325 g/mol. The van der Waals surface area contributed by atoms with Crippen LogP contribution in [-0.2, 0) is 5.41 Å². The number of amides is 1. The number of hydrogen-bond acceptors (Lipinski definition) is 3. The lowest BCUT2D eigenvalue weighted by Crippen LogP contribution is -2.38. The molecule has 0 saturated heterocycles. The Morgan fingerprint density at radius 3 is 2.62 bits per heavy atom. The second kappa shape index (κ2) is 7.03. The van der Waals surface area contributed by atoms with Gasteiger partial charge in [-0.05, 0) is 44.0 Å². The van der Waals surface area contributed by atoms with Crippen molar-refractivity contribution in [3.05, 3.63) is 57.5 Å². The molecule has 0 bridgehead atoms. The molecule has 1 heterocycles. The summed E-state index contributed by atoms with van der Waals surface area (Å²) in [5.41, 5.74) is -0.0138. The summed E-state index contributed by atoms with van der Waals surface area (Å²) >= 11 is 1.61. The van der Waals surface area contributed by atoms with E-state index >= 15 is 0 Å². The van der Waals surface area contributed by atoms with Crippen molar-refractivity contribution in [3.8, 4) is 0 Å². The molecule has 24 heavy (non-hydrogen) atoms. The van der Waals surface area contributed by atoms with E-state index in [0.717, 1.165) is 30.6 Å². The lowest BCUT2D eigenvalue weighted by molar-refractivity contribution is 0.0939. The Bertz CT molecular complexity index is 720. The summed E-state index contributed by atoms with van der Waals surface area (Å²) in [6, 6.07) is 10.1. The highest BCUT2D eigenvalue weighted by Gasteiger charge is 2.37. The quantitative estimate of drug-likeness (QED) is 0.852. The summed E-state index contributed by atoms with van der Waals surface area (Å²) in [7, 11) is 0. The largest absolute Gasteiger partial charge is 0.388 e. The van der Waals surface area contributed by atoms with Crippen molar-refractivity contribution in [2.24, 2.45) is 0 Å². The summed E-state index contributed by atoms with van der Waals surface area (Å²) in [5, 5.41) is 12.7. The molecule has 0 spiro atoms. The van der Waals surface area contributed by atoms with E-state index in [1.807, 2.05) is 6.07 Å². The number of carbonyl (C=O) groups excluding carboxylic acids is 1. The Balaban J connectivity index is 1.77. The van der Waals surface area contributed by atoms with E-state index in [1.165, 1.54) is 17.0 Å². The van der Waals surface area contributed by atoms with Crippen molar-refractivity contribution in [3.63, 3.8) is 0 Å². The number of benzene rings is 1. The lowest BCUT2D eigenvalue weighted by Gasteiger charge is -2.28. The molecular formula is C19H22FNO2S. The third-order valence-corrected chi connectivity index (χ3v) is 6.33. The van der Waals surface area contributed by atoms with E-state index in [9.17, 15) is 14.3 Å². The van der Waals surface area contributed by atoms with Crippen LogP contribution in [-0.4, -0.2) is 17.6 Å². The zero-order valence-electron chi connectivity index (χ0n) is 13.7. The smallest absolute Gasteiger partial charge is 0.254 e. The molecule has 0 aliphatic heterocycles. The number of aliphatic hydroxyl groups is 1. The minimum Gasteiger partial charge on any atom is -0.388 e. The van der Waals surface area contributed by atoms with Crippen LogP contribution in [0.5, 0.6) is 0 Å². The van der Waals surface area contributed by atoms with Crippen molar-refractivity contribution in [1.29, 1.82) is 0 Å². The number of aliphatic hydroxyl groups excluding tert-OH is 1. The van der Waals surface area contributed by atoms with Crippen LogP contribution in [0.15, 0.2) is 36.4 Å². The average Bonchev–Trinajstić information content (AvgIpc) is 3.23. The van der Waals surface area contributed by atoms with Crippen molar-refractivity contribution in [2.45, 2.75) is 44.1 Å². The first-order chi connectivity index (χ1) is 11.5. The van der Waals surface area contributed by atoms with Gasteiger partial charge in [0, 0.05) is 21.7 Å². The minimum atomic E-state index is -0.497. The Kier molecular flexibility index (Phi) is 5.01. The molecule has 1 aromatic carbocycles. The number of nitrogens with one attached hydrogen (secondary N) is 1. The number of hydrogen-bond donors (Lipinski definition) is 2. The molecule has 5 heteroatoms. The molecule has 3 rings (SSSR count). The zero-order valence-corrected chi connectivity index (χ0v) is 14.5. The lowest BCUT2D eigenvalue weighted by atomic mass is 9.84. The normalized spacial score (nSPS) is 17.6. The maximum atomic E-state index is 13.8. The summed E-state index contributed by atoms with van der Waals surface area (Å²) in [4.78, 5) is 14.5. The van der Waals surface area contributed by atoms with Crippen LogP contribution >= 0.6 is 11.3 Å². The van der Waals surface area contributed by atoms with Crippen LogP contribution in [0.4, 0.5) is 4.39 Å². The standard InChI is InChI=1S/C19H22FNO2S/c1-13(22)16-8-9-17(24-16)19(10-4-5-11-19)12-21-18(23)14-6-2-3-7-15(14)20/h2-3,6-9,13,22H,4-5,10-12H2,1H3,(H,21,23)/t13-/m1/s1. The second-order valence-corrected chi connectivity index (χ2v) is 7.64. The van der Waals surface area contributed by atoms with E-state index < -0.39 is 11.9 Å². The molecule has 1 amide bonds. The second-order valence-electron chi connectivity index (χ2n) is 6.53. The van der Waals surface area contributed by atoms with Crippen molar-refractivity contribution < 1.29 is 14.3 Å². The van der Waals surface area contributed by atoms with Gasteiger partial charge in [0.1, 0.15) is 5.82 Å². The zero-order chi connectivity index (χ0) is 17.2.